The van der Waals surface area contributed by atoms with Crippen molar-refractivity contribution in [1.29, 1.82) is 0 Å². The topological polar surface area (TPSA) is 73.1 Å². The Morgan fingerprint density at radius 1 is 1.19 bits per heavy atom. The molecule has 0 radical (unpaired) electrons. The van der Waals surface area contributed by atoms with Crippen LogP contribution in [-0.4, -0.2) is 57.0 Å². The van der Waals surface area contributed by atoms with Crippen LogP contribution >= 0.6 is 11.8 Å². The summed E-state index contributed by atoms with van der Waals surface area (Å²) in [6, 6.07) is 7.53. The Morgan fingerprint density at radius 3 is 2.74 bits per heavy atom. The SMILES string of the molecule is COc1ccc(-n2nnnc2SCC(=O)N2CC[C@H]3CCCC[C@@H]3C2)cc1. The monoisotopic (exact) mass is 387 g/mol. The van der Waals surface area contributed by atoms with Gasteiger partial charge in [0, 0.05) is 13.1 Å². The summed E-state index contributed by atoms with van der Waals surface area (Å²) in [5.74, 6) is 2.87. The molecule has 2 aromatic rings. The predicted molar refractivity (Wildman–Crippen MR) is 103 cm³/mol. The van der Waals surface area contributed by atoms with Gasteiger partial charge in [-0.25, -0.2) is 0 Å². The lowest BCUT2D eigenvalue weighted by atomic mass is 9.75. The zero-order valence-corrected chi connectivity index (χ0v) is 16.4. The van der Waals surface area contributed by atoms with Gasteiger partial charge in [0.2, 0.25) is 11.1 Å². The summed E-state index contributed by atoms with van der Waals surface area (Å²) in [6.07, 6.45) is 6.45. The van der Waals surface area contributed by atoms with Gasteiger partial charge in [0.05, 0.1) is 18.6 Å². The van der Waals surface area contributed by atoms with Crippen LogP contribution in [-0.2, 0) is 4.79 Å². The Labute approximate surface area is 163 Å². The zero-order chi connectivity index (χ0) is 18.6. The first-order chi connectivity index (χ1) is 13.2. The Balaban J connectivity index is 1.36. The normalized spacial score (nSPS) is 22.3. The Morgan fingerprint density at radius 2 is 1.96 bits per heavy atom. The number of ether oxygens (including phenoxy) is 1. The zero-order valence-electron chi connectivity index (χ0n) is 15.6. The van der Waals surface area contributed by atoms with E-state index in [4.69, 9.17) is 4.74 Å². The molecule has 2 heterocycles. The average Bonchev–Trinajstić information content (AvgIpc) is 3.20. The van der Waals surface area contributed by atoms with Crippen LogP contribution in [0.1, 0.15) is 32.1 Å². The minimum absolute atomic E-state index is 0.188. The number of likely N-dealkylation sites (tertiary alicyclic amines) is 1. The number of hydrogen-bond acceptors (Lipinski definition) is 6. The van der Waals surface area contributed by atoms with E-state index in [-0.39, 0.29) is 5.91 Å². The van der Waals surface area contributed by atoms with Gasteiger partial charge in [0.1, 0.15) is 5.75 Å². The van der Waals surface area contributed by atoms with Crippen molar-refractivity contribution in [2.75, 3.05) is 26.0 Å². The number of fused-ring (bicyclic) bond motifs is 1. The summed E-state index contributed by atoms with van der Waals surface area (Å²) in [6.45, 7) is 1.82. The summed E-state index contributed by atoms with van der Waals surface area (Å²) in [5, 5.41) is 12.5. The number of piperidine rings is 1. The summed E-state index contributed by atoms with van der Waals surface area (Å²) in [7, 11) is 1.63. The van der Waals surface area contributed by atoms with Crippen LogP contribution in [0.5, 0.6) is 5.75 Å². The molecule has 1 amide bonds. The van der Waals surface area contributed by atoms with Crippen molar-refractivity contribution in [2.24, 2.45) is 11.8 Å². The number of aromatic nitrogens is 4. The van der Waals surface area contributed by atoms with E-state index < -0.39 is 0 Å². The molecule has 0 bridgehead atoms. The van der Waals surface area contributed by atoms with Gasteiger partial charge in [-0.1, -0.05) is 31.0 Å². The first-order valence-corrected chi connectivity index (χ1v) is 10.6. The van der Waals surface area contributed by atoms with Crippen LogP contribution in [0.3, 0.4) is 0 Å². The fraction of sp³-hybridized carbons (Fsp3) is 0.579. The Kier molecular flexibility index (Phi) is 5.61. The first kappa shape index (κ1) is 18.3. The standard InChI is InChI=1S/C19H25N5O2S/c1-26-17-8-6-16(7-9-17)24-19(20-21-22-24)27-13-18(25)23-11-10-14-4-2-3-5-15(14)12-23/h6-9,14-15H,2-5,10-13H2,1H3/t14-,15-/m1/s1. The Hall–Kier alpha value is -2.09. The molecule has 4 rings (SSSR count). The van der Waals surface area contributed by atoms with E-state index in [1.165, 1.54) is 37.4 Å². The summed E-state index contributed by atoms with van der Waals surface area (Å²) < 4.78 is 6.84. The van der Waals surface area contributed by atoms with Crippen molar-refractivity contribution in [1.82, 2.24) is 25.1 Å². The van der Waals surface area contributed by atoms with E-state index in [1.807, 2.05) is 29.2 Å². The molecule has 2 atom stereocenters. The van der Waals surface area contributed by atoms with Crippen molar-refractivity contribution >= 4 is 17.7 Å². The second-order valence-electron chi connectivity index (χ2n) is 7.29. The second kappa shape index (κ2) is 8.29. The van der Waals surface area contributed by atoms with E-state index in [9.17, 15) is 4.79 Å². The molecule has 0 spiro atoms. The summed E-state index contributed by atoms with van der Waals surface area (Å²) >= 11 is 1.39. The molecular formula is C19H25N5O2S. The lowest BCUT2D eigenvalue weighted by Crippen LogP contribution is -2.45. The largest absolute Gasteiger partial charge is 0.497 e. The molecule has 1 aliphatic carbocycles. The number of methoxy groups -OCH3 is 1. The summed E-state index contributed by atoms with van der Waals surface area (Å²) in [5.41, 5.74) is 0.846. The fourth-order valence-electron chi connectivity index (χ4n) is 4.20. The van der Waals surface area contributed by atoms with Gasteiger partial charge in [-0.3, -0.25) is 4.79 Å². The van der Waals surface area contributed by atoms with Gasteiger partial charge in [0.25, 0.3) is 0 Å². The summed E-state index contributed by atoms with van der Waals surface area (Å²) in [4.78, 5) is 14.8. The number of carbonyl (C=O) groups is 1. The van der Waals surface area contributed by atoms with Crippen molar-refractivity contribution < 1.29 is 9.53 Å². The highest BCUT2D eigenvalue weighted by Gasteiger charge is 2.32. The molecule has 1 aromatic carbocycles. The van der Waals surface area contributed by atoms with Crippen LogP contribution < -0.4 is 4.74 Å². The minimum Gasteiger partial charge on any atom is -0.497 e. The lowest BCUT2D eigenvalue weighted by molar-refractivity contribution is -0.131. The molecule has 1 saturated carbocycles. The molecule has 1 saturated heterocycles. The van der Waals surface area contributed by atoms with E-state index in [1.54, 1.807) is 11.8 Å². The molecule has 7 nitrogen and oxygen atoms in total. The number of thioether (sulfide) groups is 1. The quantitative estimate of drug-likeness (QED) is 0.735. The number of amides is 1. The molecule has 27 heavy (non-hydrogen) atoms. The number of hydrogen-bond donors (Lipinski definition) is 0. The van der Waals surface area contributed by atoms with Gasteiger partial charge in [-0.15, -0.1) is 5.10 Å². The maximum absolute atomic E-state index is 12.7. The third kappa shape index (κ3) is 4.10. The van der Waals surface area contributed by atoms with Gasteiger partial charge in [0.15, 0.2) is 0 Å². The molecule has 2 fully saturated rings. The molecule has 144 valence electrons. The second-order valence-corrected chi connectivity index (χ2v) is 8.24. The highest BCUT2D eigenvalue weighted by atomic mass is 32.2. The van der Waals surface area contributed by atoms with Crippen LogP contribution in [0.15, 0.2) is 29.4 Å². The smallest absolute Gasteiger partial charge is 0.233 e. The molecular weight excluding hydrogens is 362 g/mol. The molecule has 8 heteroatoms. The number of tetrazole rings is 1. The molecule has 1 aliphatic heterocycles. The number of nitrogens with zero attached hydrogens (tertiary/aromatic N) is 5. The van der Waals surface area contributed by atoms with Crippen LogP contribution in [0.2, 0.25) is 0 Å². The van der Waals surface area contributed by atoms with Crippen LogP contribution in [0.25, 0.3) is 5.69 Å². The van der Waals surface area contributed by atoms with E-state index in [2.05, 4.69) is 15.5 Å². The molecule has 2 aliphatic rings. The van der Waals surface area contributed by atoms with Gasteiger partial charge in [-0.05, 0) is 59.4 Å². The molecule has 0 unspecified atom stereocenters. The van der Waals surface area contributed by atoms with Crippen molar-refractivity contribution in [3.63, 3.8) is 0 Å². The maximum atomic E-state index is 12.7. The first-order valence-electron chi connectivity index (χ1n) is 9.58. The third-order valence-electron chi connectivity index (χ3n) is 5.73. The number of benzene rings is 1. The lowest BCUT2D eigenvalue weighted by Gasteiger charge is -2.41. The van der Waals surface area contributed by atoms with E-state index in [0.29, 0.717) is 16.8 Å². The maximum Gasteiger partial charge on any atom is 0.233 e. The van der Waals surface area contributed by atoms with E-state index in [0.717, 1.165) is 36.9 Å². The highest BCUT2D eigenvalue weighted by molar-refractivity contribution is 7.99. The fourth-order valence-corrected chi connectivity index (χ4v) is 4.99. The average molecular weight is 388 g/mol. The van der Waals surface area contributed by atoms with Crippen molar-refractivity contribution in [3.8, 4) is 11.4 Å². The van der Waals surface area contributed by atoms with Crippen molar-refractivity contribution in [3.05, 3.63) is 24.3 Å². The van der Waals surface area contributed by atoms with Gasteiger partial charge >= 0.3 is 0 Å². The Bertz CT molecular complexity index is 779. The molecule has 0 N–H and O–H groups in total. The van der Waals surface area contributed by atoms with Crippen LogP contribution in [0.4, 0.5) is 0 Å². The van der Waals surface area contributed by atoms with Gasteiger partial charge < -0.3 is 9.64 Å². The number of carbonyl (C=O) groups excluding carboxylic acids is 1. The molecule has 1 aromatic heterocycles. The predicted octanol–water partition coefficient (Wildman–Crippen LogP) is 2.80. The van der Waals surface area contributed by atoms with Gasteiger partial charge in [-0.2, -0.15) is 4.68 Å². The third-order valence-corrected chi connectivity index (χ3v) is 6.63. The highest BCUT2D eigenvalue weighted by Crippen LogP contribution is 2.36. The minimum atomic E-state index is 0.188. The van der Waals surface area contributed by atoms with Crippen molar-refractivity contribution in [2.45, 2.75) is 37.3 Å². The van der Waals surface area contributed by atoms with Crippen LogP contribution in [0, 0.1) is 11.8 Å². The number of rotatable bonds is 5. The van der Waals surface area contributed by atoms with E-state index >= 15 is 0 Å².